The molecule has 1 N–H and O–H groups in total. The molecular weight excluding hydrogens is 434 g/mol. The highest BCUT2D eigenvalue weighted by molar-refractivity contribution is 7.92. The average molecular weight is 455 g/mol. The molecule has 0 saturated heterocycles. The maximum Gasteiger partial charge on any atom is 0.271 e. The molecule has 0 fully saturated rings. The number of non-ortho nitro benzene ring substituents is 1. The lowest BCUT2D eigenvalue weighted by atomic mass is 10.2. The summed E-state index contributed by atoms with van der Waals surface area (Å²) < 4.78 is 32.8. The molecule has 0 aromatic heterocycles. The predicted octanol–water partition coefficient (Wildman–Crippen LogP) is 3.83. The van der Waals surface area contributed by atoms with Crippen LogP contribution in [0.25, 0.3) is 0 Å². The van der Waals surface area contributed by atoms with Crippen molar-refractivity contribution in [3.05, 3.63) is 89.0 Å². The van der Waals surface area contributed by atoms with Crippen molar-refractivity contribution in [3.63, 3.8) is 0 Å². The largest absolute Gasteiger partial charge is 0.494 e. The molecule has 0 unspecified atom stereocenters. The minimum Gasteiger partial charge on any atom is -0.494 e. The van der Waals surface area contributed by atoms with Crippen LogP contribution < -0.4 is 14.4 Å². The number of rotatable bonds is 9. The molecule has 3 aromatic rings. The lowest BCUT2D eigenvalue weighted by Crippen LogP contribution is -2.38. The van der Waals surface area contributed by atoms with Gasteiger partial charge in [-0.15, -0.1) is 0 Å². The van der Waals surface area contributed by atoms with E-state index in [9.17, 15) is 23.3 Å². The lowest BCUT2D eigenvalue weighted by molar-refractivity contribution is -0.384. The number of carbonyl (C=O) groups is 1. The number of nitro benzene ring substituents is 1. The van der Waals surface area contributed by atoms with E-state index >= 15 is 0 Å². The summed E-state index contributed by atoms with van der Waals surface area (Å²) in [5, 5.41) is 13.8. The minimum absolute atomic E-state index is 0.00118. The van der Waals surface area contributed by atoms with Gasteiger partial charge >= 0.3 is 0 Å². The molecule has 32 heavy (non-hydrogen) atoms. The number of nitrogens with zero attached hydrogens (tertiary/aromatic N) is 2. The molecule has 0 aliphatic heterocycles. The van der Waals surface area contributed by atoms with Crippen molar-refractivity contribution in [3.8, 4) is 5.75 Å². The Hall–Kier alpha value is -3.92. The Bertz CT molecular complexity index is 1220. The molecule has 0 atom stereocenters. The maximum absolute atomic E-state index is 13.3. The summed E-state index contributed by atoms with van der Waals surface area (Å²) in [4.78, 5) is 23.3. The number of nitrogens with one attached hydrogen (secondary N) is 1. The number of ether oxygens (including phenoxy) is 1. The van der Waals surface area contributed by atoms with Gasteiger partial charge in [0.25, 0.3) is 15.7 Å². The molecule has 0 spiro atoms. The van der Waals surface area contributed by atoms with Gasteiger partial charge in [-0.25, -0.2) is 8.42 Å². The van der Waals surface area contributed by atoms with Crippen LogP contribution in [0.2, 0.25) is 0 Å². The first-order chi connectivity index (χ1) is 15.3. The number of carbonyl (C=O) groups excluding carboxylic acids is 1. The topological polar surface area (TPSA) is 119 Å². The van der Waals surface area contributed by atoms with Gasteiger partial charge in [-0.05, 0) is 37.3 Å². The number of hydrogen-bond donors (Lipinski definition) is 1. The van der Waals surface area contributed by atoms with E-state index in [1.54, 1.807) is 42.5 Å². The summed E-state index contributed by atoms with van der Waals surface area (Å²) in [6, 6.07) is 19.4. The van der Waals surface area contributed by atoms with Gasteiger partial charge < -0.3 is 10.1 Å². The van der Waals surface area contributed by atoms with E-state index in [-0.39, 0.29) is 16.3 Å². The second-order valence-corrected chi connectivity index (χ2v) is 8.47. The monoisotopic (exact) mass is 455 g/mol. The molecule has 10 heteroatoms. The zero-order chi connectivity index (χ0) is 23.1. The first-order valence-electron chi connectivity index (χ1n) is 9.66. The zero-order valence-electron chi connectivity index (χ0n) is 17.2. The highest BCUT2D eigenvalue weighted by atomic mass is 32.2. The van der Waals surface area contributed by atoms with Gasteiger partial charge in [0.05, 0.1) is 22.1 Å². The smallest absolute Gasteiger partial charge is 0.271 e. The molecule has 0 aliphatic rings. The van der Waals surface area contributed by atoms with Crippen molar-refractivity contribution in [2.24, 2.45) is 0 Å². The SMILES string of the molecule is CCOc1cccc(NC(=O)CN(c2cccc([N+](=O)[O-])c2)S(=O)(=O)c2ccccc2)c1. The molecule has 0 heterocycles. The summed E-state index contributed by atoms with van der Waals surface area (Å²) in [5.74, 6) is -0.0672. The molecular formula is C22H21N3O6S. The number of sulfonamides is 1. The predicted molar refractivity (Wildman–Crippen MR) is 120 cm³/mol. The Kier molecular flexibility index (Phi) is 7.06. The fraction of sp³-hybridized carbons (Fsp3) is 0.136. The van der Waals surface area contributed by atoms with E-state index in [1.165, 1.54) is 30.3 Å². The molecule has 0 aliphatic carbocycles. The summed E-state index contributed by atoms with van der Waals surface area (Å²) in [6.45, 7) is 1.70. The lowest BCUT2D eigenvalue weighted by Gasteiger charge is -2.24. The quantitative estimate of drug-likeness (QED) is 0.387. The van der Waals surface area contributed by atoms with Gasteiger partial charge in [0, 0.05) is 23.9 Å². The van der Waals surface area contributed by atoms with Crippen LogP contribution in [-0.2, 0) is 14.8 Å². The normalized spacial score (nSPS) is 10.9. The standard InChI is InChI=1S/C22H21N3O6S/c1-2-31-20-11-6-8-17(14-20)23-22(26)16-24(18-9-7-10-19(15-18)25(27)28)32(29,30)21-12-4-3-5-13-21/h3-15H,2,16H2,1H3,(H,23,26). The van der Waals surface area contributed by atoms with Crippen LogP contribution in [0, 0.1) is 10.1 Å². The van der Waals surface area contributed by atoms with E-state index in [2.05, 4.69) is 5.32 Å². The van der Waals surface area contributed by atoms with Crippen molar-refractivity contribution in [2.45, 2.75) is 11.8 Å². The van der Waals surface area contributed by atoms with Crippen LogP contribution in [0.1, 0.15) is 6.92 Å². The third-order valence-electron chi connectivity index (χ3n) is 4.38. The summed E-state index contributed by atoms with van der Waals surface area (Å²) in [7, 11) is -4.18. The van der Waals surface area contributed by atoms with Gasteiger partial charge in [0.1, 0.15) is 12.3 Å². The van der Waals surface area contributed by atoms with E-state index < -0.39 is 27.4 Å². The Balaban J connectivity index is 1.94. The van der Waals surface area contributed by atoms with E-state index in [1.807, 2.05) is 6.92 Å². The second-order valence-electron chi connectivity index (χ2n) is 6.61. The van der Waals surface area contributed by atoms with Gasteiger partial charge in [-0.2, -0.15) is 0 Å². The molecule has 0 radical (unpaired) electrons. The molecule has 1 amide bonds. The van der Waals surface area contributed by atoms with Crippen molar-refractivity contribution in [2.75, 3.05) is 22.8 Å². The molecule has 0 bridgehead atoms. The van der Waals surface area contributed by atoms with Gasteiger partial charge in [-0.3, -0.25) is 19.2 Å². The molecule has 9 nitrogen and oxygen atoms in total. The van der Waals surface area contributed by atoms with E-state index in [0.29, 0.717) is 18.0 Å². The van der Waals surface area contributed by atoms with Crippen LogP contribution in [-0.4, -0.2) is 32.4 Å². The molecule has 3 rings (SSSR count). The maximum atomic E-state index is 13.3. The van der Waals surface area contributed by atoms with Gasteiger partial charge in [0.2, 0.25) is 5.91 Å². The van der Waals surface area contributed by atoms with Crippen LogP contribution in [0.5, 0.6) is 5.75 Å². The number of benzene rings is 3. The third kappa shape index (κ3) is 5.41. The molecule has 3 aromatic carbocycles. The third-order valence-corrected chi connectivity index (χ3v) is 6.16. The van der Waals surface area contributed by atoms with Crippen LogP contribution >= 0.6 is 0 Å². The number of amides is 1. The second kappa shape index (κ2) is 9.92. The number of hydrogen-bond acceptors (Lipinski definition) is 6. The van der Waals surface area contributed by atoms with Crippen LogP contribution in [0.15, 0.2) is 83.8 Å². The fourth-order valence-electron chi connectivity index (χ4n) is 2.96. The van der Waals surface area contributed by atoms with Crippen LogP contribution in [0.4, 0.5) is 17.1 Å². The van der Waals surface area contributed by atoms with Crippen molar-refractivity contribution in [1.29, 1.82) is 0 Å². The Labute approximate surface area is 185 Å². The van der Waals surface area contributed by atoms with Gasteiger partial charge in [-0.1, -0.05) is 30.3 Å². The van der Waals surface area contributed by atoms with Crippen LogP contribution in [0.3, 0.4) is 0 Å². The Morgan fingerprint density at radius 1 is 1.03 bits per heavy atom. The molecule has 166 valence electrons. The first kappa shape index (κ1) is 22.8. The zero-order valence-corrected chi connectivity index (χ0v) is 18.0. The van der Waals surface area contributed by atoms with Crippen molar-refractivity contribution >= 4 is 33.0 Å². The number of nitro groups is 1. The number of anilines is 2. The van der Waals surface area contributed by atoms with Gasteiger partial charge in [0.15, 0.2) is 0 Å². The average Bonchev–Trinajstić information content (AvgIpc) is 2.78. The minimum atomic E-state index is -4.18. The highest BCUT2D eigenvalue weighted by Crippen LogP contribution is 2.27. The highest BCUT2D eigenvalue weighted by Gasteiger charge is 2.28. The summed E-state index contributed by atoms with van der Waals surface area (Å²) >= 11 is 0. The first-order valence-corrected chi connectivity index (χ1v) is 11.1. The van der Waals surface area contributed by atoms with Crippen molar-refractivity contribution < 1.29 is 22.9 Å². The summed E-state index contributed by atoms with van der Waals surface area (Å²) in [6.07, 6.45) is 0. The Morgan fingerprint density at radius 3 is 2.44 bits per heavy atom. The van der Waals surface area contributed by atoms with Crippen molar-refractivity contribution in [1.82, 2.24) is 0 Å². The van der Waals surface area contributed by atoms with E-state index in [0.717, 1.165) is 10.4 Å². The molecule has 0 saturated carbocycles. The Morgan fingerprint density at radius 2 is 1.75 bits per heavy atom. The fourth-order valence-corrected chi connectivity index (χ4v) is 4.39. The summed E-state index contributed by atoms with van der Waals surface area (Å²) in [5.41, 5.74) is 0.138. The van der Waals surface area contributed by atoms with E-state index in [4.69, 9.17) is 4.74 Å².